The summed E-state index contributed by atoms with van der Waals surface area (Å²) in [6, 6.07) is 0. The van der Waals surface area contributed by atoms with Crippen LogP contribution in [0, 0.1) is 30.6 Å². The third-order valence-electron chi connectivity index (χ3n) is 0. The molecule has 120 valence electrons. The fourth-order valence-corrected chi connectivity index (χ4v) is 0. The van der Waals surface area contributed by atoms with E-state index < -0.39 is 31.0 Å². The Morgan fingerprint density at radius 1 is 0.545 bits per heavy atom. The molecule has 2 N–H and O–H groups in total. The molecule has 0 bridgehead atoms. The molecule has 0 fully saturated rings. The van der Waals surface area contributed by atoms with Gasteiger partial charge in [-0.2, -0.15) is 0 Å². The van der Waals surface area contributed by atoms with Crippen LogP contribution in [0.2, 0.25) is 0 Å². The van der Waals surface area contributed by atoms with E-state index in [1.807, 2.05) is 0 Å². The van der Waals surface area contributed by atoms with Crippen molar-refractivity contribution < 1.29 is 50.7 Å². The zero-order valence-electron chi connectivity index (χ0n) is 10.0. The molecule has 0 aliphatic carbocycles. The zero-order valence-corrected chi connectivity index (χ0v) is 18.3. The van der Waals surface area contributed by atoms with Crippen molar-refractivity contribution in [1.29, 1.82) is 0 Å². The van der Waals surface area contributed by atoms with E-state index in [9.17, 15) is 0 Å². The number of rotatable bonds is 0. The number of hydrogen-bond acceptors (Lipinski definition) is 14. The Morgan fingerprint density at radius 2 is 0.545 bits per heavy atom. The van der Waals surface area contributed by atoms with Gasteiger partial charge in [-0.25, -0.2) is 0 Å². The normalized spacial score (nSPS) is 7.45. The summed E-state index contributed by atoms with van der Waals surface area (Å²) < 4.78 is 68.2. The maximum absolute atomic E-state index is 8.52. The number of hydrogen-bond donors (Lipinski definition) is 0. The molecular weight excluding hydrogens is 452 g/mol. The minimum Gasteiger partial charge on any atom is -0.759 e. The van der Waals surface area contributed by atoms with Crippen LogP contribution in [0.4, 0.5) is 0 Å². The molecule has 0 spiro atoms. The molecule has 0 saturated heterocycles. The average molecular weight is 454 g/mol. The van der Waals surface area contributed by atoms with E-state index in [0.29, 0.717) is 0 Å². The molecule has 0 atom stereocenters. The van der Waals surface area contributed by atoms with Crippen molar-refractivity contribution >= 4 is 134 Å². The summed E-state index contributed by atoms with van der Waals surface area (Å²) >= 11 is 0. The van der Waals surface area contributed by atoms with Crippen molar-refractivity contribution in [2.24, 2.45) is 0 Å². The summed E-state index contributed by atoms with van der Waals surface area (Å²) in [5.41, 5.74) is 0. The van der Waals surface area contributed by atoms with Crippen molar-refractivity contribution in [2.45, 2.75) is 0 Å². The minimum absolute atomic E-state index is 0. The van der Waals surface area contributed by atoms with Gasteiger partial charge >= 0.3 is 113 Å². The summed E-state index contributed by atoms with van der Waals surface area (Å²) in [6.45, 7) is 0. The molecule has 22 heteroatoms. The predicted molar refractivity (Wildman–Crippen MR) is 62.5 cm³/mol. The molecule has 0 unspecified atom stereocenters. The molecule has 0 saturated carbocycles. The van der Waals surface area contributed by atoms with Gasteiger partial charge in [-0.3, -0.25) is 16.8 Å². The zero-order chi connectivity index (χ0) is 16.2. The second kappa shape index (κ2) is 27.7. The average Bonchev–Trinajstić information content (AvgIpc) is 1.70. The van der Waals surface area contributed by atoms with Gasteiger partial charge in [0, 0.05) is 20.8 Å². The Bertz CT molecular complexity index is 358. The van der Waals surface area contributed by atoms with Gasteiger partial charge in [0.15, 0.2) is 0 Å². The molecule has 0 aromatic heterocycles. The maximum Gasteiger partial charge on any atom is 2.00 e. The second-order valence-electron chi connectivity index (χ2n) is 1.26. The maximum atomic E-state index is 8.52. The van der Waals surface area contributed by atoms with Crippen molar-refractivity contribution in [1.82, 2.24) is 0 Å². The van der Waals surface area contributed by atoms with E-state index in [2.05, 4.69) is 0 Å². The first-order valence-electron chi connectivity index (χ1n) is 2.43. The Labute approximate surface area is 211 Å². The fraction of sp³-hybridized carbons (Fsp3) is 0. The van der Waals surface area contributed by atoms with Gasteiger partial charge in [0.25, 0.3) is 0 Å². The van der Waals surface area contributed by atoms with Gasteiger partial charge in [-0.1, -0.05) is 0 Å². The SMILES string of the molecule is O.O=S(=O)([O-])[O-].O=S(=O)([O-])[O-].O=[N+]([O-])[O-].O=[N+]([O-])[O-].[Ca+2].[Ca+2].[Ca+2]. The van der Waals surface area contributed by atoms with E-state index >= 15 is 0 Å². The molecule has 0 aliphatic heterocycles. The largest absolute Gasteiger partial charge is 2.00 e. The van der Waals surface area contributed by atoms with Crippen LogP contribution < -0.4 is 0 Å². The first-order valence-corrected chi connectivity index (χ1v) is 5.10. The van der Waals surface area contributed by atoms with Crippen molar-refractivity contribution in [3.63, 3.8) is 0 Å². The van der Waals surface area contributed by atoms with Gasteiger partial charge in [-0.15, -0.1) is 0 Å². The van der Waals surface area contributed by atoms with E-state index in [0.717, 1.165) is 0 Å². The summed E-state index contributed by atoms with van der Waals surface area (Å²) in [6.07, 6.45) is 0. The first-order chi connectivity index (χ1) is 7.46. The Morgan fingerprint density at radius 3 is 0.545 bits per heavy atom. The smallest absolute Gasteiger partial charge is 0.759 e. The van der Waals surface area contributed by atoms with E-state index in [-0.39, 0.29) is 119 Å². The van der Waals surface area contributed by atoms with Crippen LogP contribution in [-0.2, 0) is 20.8 Å². The monoisotopic (exact) mass is 454 g/mol. The van der Waals surface area contributed by atoms with Crippen molar-refractivity contribution in [2.75, 3.05) is 0 Å². The molecule has 0 aromatic carbocycles. The Kier molecular flexibility index (Phi) is 62.4. The van der Waals surface area contributed by atoms with Gasteiger partial charge in [0.2, 0.25) is 0 Å². The first kappa shape index (κ1) is 49.6. The van der Waals surface area contributed by atoms with Gasteiger partial charge in [-0.05, 0) is 0 Å². The van der Waals surface area contributed by atoms with Crippen LogP contribution in [-0.4, -0.2) is 164 Å². The fourth-order valence-electron chi connectivity index (χ4n) is 0. The Balaban J connectivity index is -0.0000000188. The molecular formula is H2Ca3N2O15S2. The Hall–Kier alpha value is 1.88. The number of nitrogens with zero attached hydrogens (tertiary/aromatic N) is 2. The molecule has 0 heterocycles. The van der Waals surface area contributed by atoms with Crippen LogP contribution >= 0.6 is 0 Å². The third kappa shape index (κ3) is 2700. The van der Waals surface area contributed by atoms with Gasteiger partial charge < -0.3 is 54.3 Å². The quantitative estimate of drug-likeness (QED) is 0.109. The predicted octanol–water partition coefficient (Wildman–Crippen LogP) is -5.12. The molecule has 0 aliphatic rings. The van der Waals surface area contributed by atoms with E-state index in [1.54, 1.807) is 0 Å². The standard InChI is InChI=1S/3Ca.2NO3.2H2O4S.H2O/c;;;2*2-1(3)4;2*1-5(2,3)4;/h;;;;;2*(H2,1,2,3,4);1H2/q3*+2;2*-1;;;/p-4. The molecule has 22 heavy (non-hydrogen) atoms. The molecule has 0 radical (unpaired) electrons. The third-order valence-corrected chi connectivity index (χ3v) is 0. The van der Waals surface area contributed by atoms with E-state index in [4.69, 9.17) is 65.7 Å². The summed E-state index contributed by atoms with van der Waals surface area (Å²) in [5.74, 6) is 0. The molecule has 0 amide bonds. The van der Waals surface area contributed by atoms with Gasteiger partial charge in [0.05, 0.1) is 10.2 Å². The molecule has 0 aromatic rings. The topological polar surface area (TPSA) is 324 Å². The second-order valence-corrected chi connectivity index (χ2v) is 2.90. The molecule has 17 nitrogen and oxygen atoms in total. The minimum atomic E-state index is -5.17. The summed E-state index contributed by atoms with van der Waals surface area (Å²) in [5, 5.41) is 29.5. The van der Waals surface area contributed by atoms with Crippen LogP contribution in [0.3, 0.4) is 0 Å². The van der Waals surface area contributed by atoms with Crippen LogP contribution in [0.1, 0.15) is 0 Å². The summed E-state index contributed by atoms with van der Waals surface area (Å²) in [4.78, 5) is 16.5. The van der Waals surface area contributed by atoms with Crippen LogP contribution in [0.15, 0.2) is 0 Å². The van der Waals surface area contributed by atoms with Crippen LogP contribution in [0.25, 0.3) is 0 Å². The van der Waals surface area contributed by atoms with E-state index in [1.165, 1.54) is 0 Å². The van der Waals surface area contributed by atoms with Crippen molar-refractivity contribution in [3.8, 4) is 0 Å². The van der Waals surface area contributed by atoms with Gasteiger partial charge in [0.1, 0.15) is 0 Å². The molecule has 0 rings (SSSR count). The van der Waals surface area contributed by atoms with Crippen LogP contribution in [0.5, 0.6) is 0 Å². The van der Waals surface area contributed by atoms with Crippen molar-refractivity contribution in [3.05, 3.63) is 30.6 Å². The summed E-state index contributed by atoms with van der Waals surface area (Å²) in [7, 11) is -10.3.